The molecule has 10 heteroatoms. The molecule has 0 spiro atoms. The predicted molar refractivity (Wildman–Crippen MR) is 144 cm³/mol. The van der Waals surface area contributed by atoms with Crippen molar-refractivity contribution < 1.29 is 14.4 Å². The Kier molecular flexibility index (Phi) is 7.31. The summed E-state index contributed by atoms with van der Waals surface area (Å²) >= 11 is 8.70. The molecule has 1 N–H and O–H groups in total. The zero-order valence-corrected chi connectivity index (χ0v) is 21.4. The summed E-state index contributed by atoms with van der Waals surface area (Å²) in [5.74, 6) is 0.155. The number of carbonyl (C=O) groups excluding carboxylic acids is 3. The second-order valence-electron chi connectivity index (χ2n) is 8.17. The van der Waals surface area contributed by atoms with E-state index in [4.69, 9.17) is 11.6 Å². The van der Waals surface area contributed by atoms with E-state index in [9.17, 15) is 14.4 Å². The van der Waals surface area contributed by atoms with E-state index in [0.717, 1.165) is 10.4 Å². The van der Waals surface area contributed by atoms with E-state index >= 15 is 0 Å². The van der Waals surface area contributed by atoms with Crippen LogP contribution < -0.4 is 5.32 Å². The van der Waals surface area contributed by atoms with Crippen molar-refractivity contribution in [2.45, 2.75) is 25.4 Å². The molecule has 1 aromatic heterocycles. The largest absolute Gasteiger partial charge is 0.351 e. The van der Waals surface area contributed by atoms with Gasteiger partial charge in [-0.15, -0.1) is 11.3 Å². The number of nitrogens with zero attached hydrogens (tertiary/aromatic N) is 3. The maximum atomic E-state index is 13.4. The van der Waals surface area contributed by atoms with Gasteiger partial charge in [0.05, 0.1) is 18.0 Å². The number of benzene rings is 2. The highest BCUT2D eigenvalue weighted by molar-refractivity contribution is 8.14. The summed E-state index contributed by atoms with van der Waals surface area (Å²) in [6, 6.07) is 17.4. The van der Waals surface area contributed by atoms with Gasteiger partial charge in [-0.1, -0.05) is 41.6 Å². The topological polar surface area (TPSA) is 91.2 Å². The average molecular weight is 537 g/mol. The van der Waals surface area contributed by atoms with Crippen molar-refractivity contribution in [3.63, 3.8) is 0 Å². The molecule has 0 saturated heterocycles. The molecule has 7 nitrogen and oxygen atoms in total. The lowest BCUT2D eigenvalue weighted by Gasteiger charge is -2.25. The second-order valence-corrected chi connectivity index (χ2v) is 10.6. The Morgan fingerprint density at radius 1 is 1.08 bits per heavy atom. The van der Waals surface area contributed by atoms with Crippen LogP contribution in [0.25, 0.3) is 0 Å². The van der Waals surface area contributed by atoms with Crippen LogP contribution in [0.4, 0.5) is 5.69 Å². The van der Waals surface area contributed by atoms with E-state index in [1.165, 1.54) is 16.7 Å². The van der Waals surface area contributed by atoms with Crippen molar-refractivity contribution in [3.05, 3.63) is 87.1 Å². The third-order valence-corrected chi connectivity index (χ3v) is 7.80. The highest BCUT2D eigenvalue weighted by Crippen LogP contribution is 2.34. The summed E-state index contributed by atoms with van der Waals surface area (Å²) in [5, 5.41) is 5.81. The number of nitrogens with one attached hydrogen (secondary N) is 1. The number of ketones is 1. The minimum Gasteiger partial charge on any atom is -0.351 e. The summed E-state index contributed by atoms with van der Waals surface area (Å²) in [5.41, 5.74) is 1.98. The quantitative estimate of drug-likeness (QED) is 0.407. The standard InChI is InChI=1S/C26H21ClN4O3S2/c27-17-9-7-16(8-10-17)22(32)15-36-26-30-20-6-2-1-5-19(20)24-29-21(25(34)31(24)26)11-12-23(33)28-14-18-4-3-13-35-18/h1-10,13,21H,11-12,14-15H2,(H,28,33)/t21-/m0/s1. The Morgan fingerprint density at radius 3 is 2.67 bits per heavy atom. The van der Waals surface area contributed by atoms with E-state index in [1.807, 2.05) is 41.8 Å². The summed E-state index contributed by atoms with van der Waals surface area (Å²) in [6.07, 6.45) is 0.474. The number of halogens is 1. The van der Waals surface area contributed by atoms with Crippen LogP contribution in [0.3, 0.4) is 0 Å². The maximum Gasteiger partial charge on any atom is 0.259 e. The minimum atomic E-state index is -0.684. The number of fused-ring (bicyclic) bond motifs is 3. The van der Waals surface area contributed by atoms with Crippen LogP contribution in [0.5, 0.6) is 0 Å². The molecule has 2 aromatic carbocycles. The molecule has 0 saturated carbocycles. The van der Waals surface area contributed by atoms with Gasteiger partial charge in [0.15, 0.2) is 11.0 Å². The van der Waals surface area contributed by atoms with Gasteiger partial charge < -0.3 is 5.32 Å². The number of thiophene rings is 1. The van der Waals surface area contributed by atoms with Crippen molar-refractivity contribution in [1.29, 1.82) is 0 Å². The summed E-state index contributed by atoms with van der Waals surface area (Å²) in [4.78, 5) is 50.3. The molecule has 0 unspecified atom stereocenters. The number of aliphatic imine (C=N–C) groups is 2. The molecule has 182 valence electrons. The molecular weight excluding hydrogens is 516 g/mol. The predicted octanol–water partition coefficient (Wildman–Crippen LogP) is 5.07. The van der Waals surface area contributed by atoms with E-state index in [0.29, 0.717) is 40.2 Å². The fourth-order valence-electron chi connectivity index (χ4n) is 3.89. The van der Waals surface area contributed by atoms with E-state index in [2.05, 4.69) is 15.3 Å². The molecule has 5 rings (SSSR count). The minimum absolute atomic E-state index is 0.0951. The fraction of sp³-hybridized carbons (Fsp3) is 0.192. The van der Waals surface area contributed by atoms with Crippen molar-refractivity contribution in [1.82, 2.24) is 10.2 Å². The van der Waals surface area contributed by atoms with Crippen LogP contribution in [0.1, 0.15) is 33.6 Å². The molecule has 2 aliphatic heterocycles. The number of rotatable bonds is 8. The highest BCUT2D eigenvalue weighted by Gasteiger charge is 2.41. The van der Waals surface area contributed by atoms with Crippen LogP contribution >= 0.6 is 34.7 Å². The van der Waals surface area contributed by atoms with Crippen LogP contribution in [0, 0.1) is 0 Å². The SMILES string of the molecule is O=C(CC[C@@H]1N=C2c3ccccc3N=C(SCC(=O)c3ccc(Cl)cc3)N2C1=O)NCc1cccs1. The van der Waals surface area contributed by atoms with Gasteiger partial charge in [-0.2, -0.15) is 0 Å². The lowest BCUT2D eigenvalue weighted by molar-refractivity contribution is -0.125. The van der Waals surface area contributed by atoms with Crippen LogP contribution in [-0.2, 0) is 16.1 Å². The zero-order chi connectivity index (χ0) is 25.1. The molecule has 0 bridgehead atoms. The van der Waals surface area contributed by atoms with Gasteiger partial charge in [0.25, 0.3) is 5.91 Å². The Balaban J connectivity index is 1.28. The molecule has 0 aliphatic carbocycles. The number of amidine groups is 2. The van der Waals surface area contributed by atoms with E-state index in [1.54, 1.807) is 35.6 Å². The van der Waals surface area contributed by atoms with Gasteiger partial charge in [0.2, 0.25) is 5.91 Å². The zero-order valence-electron chi connectivity index (χ0n) is 19.0. The van der Waals surface area contributed by atoms with Gasteiger partial charge in [0.1, 0.15) is 11.9 Å². The lowest BCUT2D eigenvalue weighted by atomic mass is 10.1. The number of hydrogen-bond acceptors (Lipinski definition) is 7. The Hall–Kier alpha value is -3.27. The molecule has 3 aromatic rings. The Bertz CT molecular complexity index is 1370. The summed E-state index contributed by atoms with van der Waals surface area (Å²) in [6.45, 7) is 0.470. The third-order valence-electron chi connectivity index (χ3n) is 5.73. The van der Waals surface area contributed by atoms with Crippen molar-refractivity contribution in [2.24, 2.45) is 9.98 Å². The Labute approximate surface area is 221 Å². The highest BCUT2D eigenvalue weighted by atomic mass is 35.5. The number of thioether (sulfide) groups is 1. The second kappa shape index (κ2) is 10.8. The lowest BCUT2D eigenvalue weighted by Crippen LogP contribution is -2.41. The first-order valence-electron chi connectivity index (χ1n) is 11.3. The van der Waals surface area contributed by atoms with Gasteiger partial charge in [-0.25, -0.2) is 9.89 Å². The number of para-hydroxylation sites is 1. The van der Waals surface area contributed by atoms with E-state index in [-0.39, 0.29) is 29.8 Å². The maximum absolute atomic E-state index is 13.4. The molecule has 0 radical (unpaired) electrons. The molecular formula is C26H21ClN4O3S2. The van der Waals surface area contributed by atoms with Crippen LogP contribution in [-0.4, -0.2) is 45.3 Å². The number of carbonyl (C=O) groups is 3. The van der Waals surface area contributed by atoms with Crippen molar-refractivity contribution in [3.8, 4) is 0 Å². The molecule has 2 aliphatic rings. The summed E-state index contributed by atoms with van der Waals surface area (Å²) < 4.78 is 0. The third kappa shape index (κ3) is 5.28. The molecule has 1 atom stereocenters. The Morgan fingerprint density at radius 2 is 1.89 bits per heavy atom. The smallest absolute Gasteiger partial charge is 0.259 e. The van der Waals surface area contributed by atoms with Gasteiger partial charge in [-0.3, -0.25) is 19.4 Å². The number of hydrogen-bond donors (Lipinski definition) is 1. The molecule has 0 fully saturated rings. The van der Waals surface area contributed by atoms with Crippen LogP contribution in [0.2, 0.25) is 5.02 Å². The van der Waals surface area contributed by atoms with Gasteiger partial charge in [-0.05, 0) is 54.3 Å². The fourth-order valence-corrected chi connectivity index (χ4v) is 5.56. The van der Waals surface area contributed by atoms with Gasteiger partial charge in [0, 0.05) is 27.4 Å². The van der Waals surface area contributed by atoms with Crippen molar-refractivity contribution >= 4 is 69.0 Å². The number of Topliss-reactive ketones (excluding diaryl/α,β-unsaturated/α-hetero) is 1. The number of amides is 2. The average Bonchev–Trinajstić information content (AvgIpc) is 3.53. The first-order chi connectivity index (χ1) is 17.5. The molecule has 2 amide bonds. The van der Waals surface area contributed by atoms with Crippen molar-refractivity contribution in [2.75, 3.05) is 5.75 Å². The first kappa shape index (κ1) is 24.4. The van der Waals surface area contributed by atoms with E-state index < -0.39 is 6.04 Å². The first-order valence-corrected chi connectivity index (χ1v) is 13.5. The molecule has 3 heterocycles. The molecule has 36 heavy (non-hydrogen) atoms. The monoisotopic (exact) mass is 536 g/mol. The van der Waals surface area contributed by atoms with Gasteiger partial charge >= 0.3 is 0 Å². The van der Waals surface area contributed by atoms with Crippen LogP contribution in [0.15, 0.2) is 76.0 Å². The summed E-state index contributed by atoms with van der Waals surface area (Å²) in [7, 11) is 0. The normalized spacial score (nSPS) is 16.2.